The molecule has 0 amide bonds. The first-order valence-corrected chi connectivity index (χ1v) is 10.3. The lowest BCUT2D eigenvalue weighted by Gasteiger charge is -2.30. The number of unbranched alkanes of at least 4 members (excludes halogenated alkanes) is 7. The maximum absolute atomic E-state index is 10.2. The van der Waals surface area contributed by atoms with Crippen LogP contribution >= 0.6 is 0 Å². The largest absolute Gasteiger partial charge is 0.397 e. The summed E-state index contributed by atoms with van der Waals surface area (Å²) in [6.45, 7) is 6.73. The smallest absolute Gasteiger partial charge is 0.379 e. The van der Waals surface area contributed by atoms with Gasteiger partial charge in [0.25, 0.3) is 0 Å². The zero-order valence-electron chi connectivity index (χ0n) is 16.0. The lowest BCUT2D eigenvalue weighted by atomic mass is 10.1. The van der Waals surface area contributed by atoms with E-state index in [0.717, 1.165) is 12.8 Å². The third-order valence-electron chi connectivity index (χ3n) is 3.52. The van der Waals surface area contributed by atoms with Crippen molar-refractivity contribution in [2.75, 3.05) is 6.61 Å². The van der Waals surface area contributed by atoms with Crippen molar-refractivity contribution in [1.29, 1.82) is 0 Å². The SMILES string of the molecule is CC(O)N(C(C)O)C(C)O.CCCCCCCCCCOS(=O)(=O)O. The number of rotatable bonds is 13. The van der Waals surface area contributed by atoms with Gasteiger partial charge in [0.1, 0.15) is 18.7 Å². The Hall–Kier alpha value is -0.290. The van der Waals surface area contributed by atoms with Crippen molar-refractivity contribution in [3.8, 4) is 0 Å². The number of aliphatic hydroxyl groups is 3. The number of aliphatic hydroxyl groups excluding tert-OH is 3. The molecule has 4 N–H and O–H groups in total. The van der Waals surface area contributed by atoms with E-state index in [-0.39, 0.29) is 6.61 Å². The molecule has 0 radical (unpaired) electrons. The summed E-state index contributed by atoms with van der Waals surface area (Å²) >= 11 is 0. The molecule has 0 aromatic carbocycles. The Labute approximate surface area is 152 Å². The van der Waals surface area contributed by atoms with Crippen LogP contribution in [0, 0.1) is 0 Å². The molecule has 0 spiro atoms. The van der Waals surface area contributed by atoms with Crippen LogP contribution in [0.5, 0.6) is 0 Å². The Morgan fingerprint density at radius 3 is 1.44 bits per heavy atom. The molecule has 0 fully saturated rings. The molecule has 3 unspecified atom stereocenters. The van der Waals surface area contributed by atoms with Gasteiger partial charge >= 0.3 is 10.4 Å². The maximum Gasteiger partial charge on any atom is 0.397 e. The first kappa shape index (κ1) is 26.9. The molecule has 0 saturated heterocycles. The van der Waals surface area contributed by atoms with Gasteiger partial charge < -0.3 is 15.3 Å². The van der Waals surface area contributed by atoms with Crippen molar-refractivity contribution in [1.82, 2.24) is 4.90 Å². The zero-order valence-corrected chi connectivity index (χ0v) is 16.8. The second-order valence-electron chi connectivity index (χ2n) is 6.07. The van der Waals surface area contributed by atoms with Crippen molar-refractivity contribution < 1.29 is 32.5 Å². The molecule has 9 heteroatoms. The fraction of sp³-hybridized carbons (Fsp3) is 1.00. The van der Waals surface area contributed by atoms with Gasteiger partial charge in [-0.15, -0.1) is 0 Å². The molecule has 0 saturated carbocycles. The Morgan fingerprint density at radius 2 is 1.16 bits per heavy atom. The predicted octanol–water partition coefficient (Wildman–Crippen LogP) is 2.25. The van der Waals surface area contributed by atoms with Gasteiger partial charge in [-0.05, 0) is 27.2 Å². The highest BCUT2D eigenvalue weighted by atomic mass is 32.3. The van der Waals surface area contributed by atoms with Crippen LogP contribution in [0.3, 0.4) is 0 Å². The molecule has 3 atom stereocenters. The van der Waals surface area contributed by atoms with E-state index in [2.05, 4.69) is 11.1 Å². The average Bonchev–Trinajstić information content (AvgIpc) is 2.43. The van der Waals surface area contributed by atoms with Gasteiger partial charge in [-0.25, -0.2) is 9.08 Å². The second kappa shape index (κ2) is 15.9. The van der Waals surface area contributed by atoms with Crippen molar-refractivity contribution in [3.05, 3.63) is 0 Å². The van der Waals surface area contributed by atoms with Gasteiger partial charge in [0.2, 0.25) is 0 Å². The predicted molar refractivity (Wildman–Crippen MR) is 97.0 cm³/mol. The topological polar surface area (TPSA) is 128 Å². The van der Waals surface area contributed by atoms with Gasteiger partial charge in [-0.3, -0.25) is 4.55 Å². The number of hydrogen-bond donors (Lipinski definition) is 4. The monoisotopic (exact) mass is 387 g/mol. The Morgan fingerprint density at radius 1 is 0.800 bits per heavy atom. The highest BCUT2D eigenvalue weighted by Gasteiger charge is 2.20. The van der Waals surface area contributed by atoms with Gasteiger partial charge in [0.15, 0.2) is 0 Å². The second-order valence-corrected chi connectivity index (χ2v) is 7.16. The van der Waals surface area contributed by atoms with Gasteiger partial charge in [0, 0.05) is 0 Å². The highest BCUT2D eigenvalue weighted by Crippen LogP contribution is 2.08. The summed E-state index contributed by atoms with van der Waals surface area (Å²) in [5.41, 5.74) is 0. The molecule has 0 bridgehead atoms. The van der Waals surface area contributed by atoms with Crippen LogP contribution < -0.4 is 0 Å². The normalized spacial score (nSPS) is 15.4. The fourth-order valence-electron chi connectivity index (χ4n) is 2.34. The fourth-order valence-corrected chi connectivity index (χ4v) is 2.67. The van der Waals surface area contributed by atoms with E-state index in [1.54, 1.807) is 0 Å². The van der Waals surface area contributed by atoms with Crippen LogP contribution in [0.25, 0.3) is 0 Å². The van der Waals surface area contributed by atoms with E-state index in [9.17, 15) is 8.42 Å². The molecule has 0 heterocycles. The third-order valence-corrected chi connectivity index (χ3v) is 3.99. The van der Waals surface area contributed by atoms with E-state index < -0.39 is 29.1 Å². The van der Waals surface area contributed by atoms with Crippen LogP contribution in [-0.4, -0.2) is 58.5 Å². The van der Waals surface area contributed by atoms with Crippen molar-refractivity contribution in [3.63, 3.8) is 0 Å². The summed E-state index contributed by atoms with van der Waals surface area (Å²) in [5.74, 6) is 0. The first-order chi connectivity index (χ1) is 11.5. The van der Waals surface area contributed by atoms with Crippen molar-refractivity contribution in [2.45, 2.75) is 97.7 Å². The molecule has 0 aliphatic heterocycles. The van der Waals surface area contributed by atoms with Crippen LogP contribution in [0.15, 0.2) is 0 Å². The highest BCUT2D eigenvalue weighted by molar-refractivity contribution is 7.80. The van der Waals surface area contributed by atoms with Gasteiger partial charge in [-0.2, -0.15) is 8.42 Å². The molecule has 25 heavy (non-hydrogen) atoms. The van der Waals surface area contributed by atoms with Crippen molar-refractivity contribution >= 4 is 10.4 Å². The zero-order chi connectivity index (χ0) is 19.9. The lowest BCUT2D eigenvalue weighted by Crippen LogP contribution is -2.45. The van der Waals surface area contributed by atoms with Crippen LogP contribution in [0.2, 0.25) is 0 Å². The molecule has 0 aromatic heterocycles. The quantitative estimate of drug-likeness (QED) is 0.215. The molecule has 0 aliphatic rings. The molecule has 0 aliphatic carbocycles. The molecule has 0 aromatic rings. The maximum atomic E-state index is 10.2. The van der Waals surface area contributed by atoms with Crippen molar-refractivity contribution in [2.24, 2.45) is 0 Å². The lowest BCUT2D eigenvalue weighted by molar-refractivity contribution is -0.159. The molecule has 0 rings (SSSR count). The first-order valence-electron chi connectivity index (χ1n) is 8.96. The summed E-state index contributed by atoms with van der Waals surface area (Å²) < 4.78 is 32.8. The van der Waals surface area contributed by atoms with E-state index in [1.165, 1.54) is 57.8 Å². The number of hydrogen-bond acceptors (Lipinski definition) is 7. The van der Waals surface area contributed by atoms with Crippen LogP contribution in [-0.2, 0) is 14.6 Å². The molecule has 154 valence electrons. The van der Waals surface area contributed by atoms with E-state index >= 15 is 0 Å². The summed E-state index contributed by atoms with van der Waals surface area (Å²) in [6, 6.07) is 0. The minimum atomic E-state index is -4.23. The number of nitrogens with zero attached hydrogens (tertiary/aromatic N) is 1. The summed E-state index contributed by atoms with van der Waals surface area (Å²) in [5, 5.41) is 26.9. The molecular weight excluding hydrogens is 350 g/mol. The summed E-state index contributed by atoms with van der Waals surface area (Å²) in [7, 11) is -4.23. The van der Waals surface area contributed by atoms with E-state index in [0.29, 0.717) is 6.42 Å². The minimum Gasteiger partial charge on any atom is -0.379 e. The summed E-state index contributed by atoms with van der Waals surface area (Å²) in [6.07, 6.45) is 6.55. The van der Waals surface area contributed by atoms with E-state index in [1.807, 2.05) is 0 Å². The third kappa shape index (κ3) is 19.9. The van der Waals surface area contributed by atoms with Crippen LogP contribution in [0.1, 0.15) is 79.1 Å². The van der Waals surface area contributed by atoms with E-state index in [4.69, 9.17) is 19.9 Å². The Kier molecular flexibility index (Phi) is 17.2. The standard InChI is InChI=1S/C10H22O4S.C6H15NO3/c1-2-3-4-5-6-7-8-9-10-14-15(11,12)13;1-4(8)7(5(2)9)6(3)10/h2-10H2,1H3,(H,11,12,13);4-6,8-10H,1-3H3. The average molecular weight is 388 g/mol. The Bertz CT molecular complexity index is 367. The molecule has 8 nitrogen and oxygen atoms in total. The minimum absolute atomic E-state index is 0.0911. The van der Waals surface area contributed by atoms with Gasteiger partial charge in [0.05, 0.1) is 6.61 Å². The molecular formula is C16H37NO7S. The Balaban J connectivity index is 0. The summed E-state index contributed by atoms with van der Waals surface area (Å²) in [4.78, 5) is 1.17. The van der Waals surface area contributed by atoms with Crippen LogP contribution in [0.4, 0.5) is 0 Å². The van der Waals surface area contributed by atoms with Gasteiger partial charge in [-0.1, -0.05) is 51.9 Å².